The molecule has 62 valence electrons. The molecule has 1 N–H and O–H groups in total. The molecule has 0 fully saturated rings. The lowest BCUT2D eigenvalue weighted by molar-refractivity contribution is 0.969. The van der Waals surface area contributed by atoms with Crippen LogP contribution in [0.5, 0.6) is 0 Å². The van der Waals surface area contributed by atoms with Crippen molar-refractivity contribution in [3.8, 4) is 0 Å². The highest BCUT2D eigenvalue weighted by atomic mass is 32.2. The summed E-state index contributed by atoms with van der Waals surface area (Å²) in [5, 5.41) is 15.9. The molecule has 0 spiro atoms. The van der Waals surface area contributed by atoms with E-state index in [-0.39, 0.29) is 0 Å². The largest absolute Gasteiger partial charge is 0.254 e. The minimum Gasteiger partial charge on any atom is -0.254 e. The Labute approximate surface area is 76.6 Å². The Kier molecular flexibility index (Phi) is 2.33. The van der Waals surface area contributed by atoms with Crippen LogP contribution >= 0.6 is 23.1 Å². The summed E-state index contributed by atoms with van der Waals surface area (Å²) in [5.74, 6) is 0.792. The van der Waals surface area contributed by atoms with E-state index in [1.54, 1.807) is 17.3 Å². The third-order valence-electron chi connectivity index (χ3n) is 1.13. The van der Waals surface area contributed by atoms with E-state index in [1.165, 1.54) is 17.7 Å². The lowest BCUT2D eigenvalue weighted by Gasteiger charge is -1.89. The van der Waals surface area contributed by atoms with Gasteiger partial charge in [0.1, 0.15) is 16.8 Å². The molecule has 2 aromatic rings. The van der Waals surface area contributed by atoms with Crippen LogP contribution in [0.25, 0.3) is 0 Å². The predicted molar refractivity (Wildman–Crippen MR) is 45.9 cm³/mol. The average Bonchev–Trinajstić information content (AvgIpc) is 2.74. The molecule has 0 aliphatic rings. The summed E-state index contributed by atoms with van der Waals surface area (Å²) in [5.41, 5.74) is 1.72. The number of aromatic nitrogens is 5. The van der Waals surface area contributed by atoms with Crippen LogP contribution in [0.4, 0.5) is 0 Å². The molecule has 0 unspecified atom stereocenters. The molecule has 0 aliphatic heterocycles. The van der Waals surface area contributed by atoms with Crippen LogP contribution in [-0.2, 0) is 5.75 Å². The zero-order chi connectivity index (χ0) is 8.23. The van der Waals surface area contributed by atoms with Gasteiger partial charge in [-0.25, -0.2) is 4.98 Å². The molecule has 12 heavy (non-hydrogen) atoms. The van der Waals surface area contributed by atoms with Crippen molar-refractivity contribution < 1.29 is 0 Å². The van der Waals surface area contributed by atoms with E-state index in [1.807, 2.05) is 0 Å². The van der Waals surface area contributed by atoms with Gasteiger partial charge in [-0.1, -0.05) is 11.8 Å². The van der Waals surface area contributed by atoms with Crippen LogP contribution in [0, 0.1) is 0 Å². The fourth-order valence-corrected chi connectivity index (χ4v) is 1.97. The van der Waals surface area contributed by atoms with Gasteiger partial charge in [-0.3, -0.25) is 5.10 Å². The second-order valence-corrected chi connectivity index (χ2v) is 3.79. The molecule has 0 saturated heterocycles. The SMILES string of the molecule is c1n[nH]c(SCc2nncs2)n1. The summed E-state index contributed by atoms with van der Waals surface area (Å²) in [6.07, 6.45) is 1.49. The zero-order valence-corrected chi connectivity index (χ0v) is 7.60. The summed E-state index contributed by atoms with van der Waals surface area (Å²) >= 11 is 3.10. The van der Waals surface area contributed by atoms with Gasteiger partial charge < -0.3 is 0 Å². The number of H-pyrrole nitrogens is 1. The van der Waals surface area contributed by atoms with Gasteiger partial charge in [0.05, 0.1) is 5.75 Å². The fraction of sp³-hybridized carbons (Fsp3) is 0.200. The van der Waals surface area contributed by atoms with Crippen molar-refractivity contribution in [3.05, 3.63) is 16.8 Å². The number of rotatable bonds is 3. The zero-order valence-electron chi connectivity index (χ0n) is 5.97. The molecule has 2 heterocycles. The first-order valence-corrected chi connectivity index (χ1v) is 5.05. The normalized spacial score (nSPS) is 10.3. The average molecular weight is 199 g/mol. The number of aromatic amines is 1. The number of nitrogens with one attached hydrogen (secondary N) is 1. The van der Waals surface area contributed by atoms with E-state index in [0.29, 0.717) is 0 Å². The Morgan fingerprint density at radius 2 is 2.58 bits per heavy atom. The first-order chi connectivity index (χ1) is 5.95. The summed E-state index contributed by atoms with van der Waals surface area (Å²) < 4.78 is 0. The first-order valence-electron chi connectivity index (χ1n) is 3.18. The summed E-state index contributed by atoms with van der Waals surface area (Å²) in [6.45, 7) is 0. The van der Waals surface area contributed by atoms with Crippen molar-refractivity contribution in [1.29, 1.82) is 0 Å². The second kappa shape index (κ2) is 3.63. The Morgan fingerprint density at radius 3 is 3.25 bits per heavy atom. The predicted octanol–water partition coefficient (Wildman–Crippen LogP) is 0.949. The minimum absolute atomic E-state index is 0.792. The van der Waals surface area contributed by atoms with E-state index < -0.39 is 0 Å². The molecular formula is C5H5N5S2. The molecule has 0 atom stereocenters. The minimum atomic E-state index is 0.792. The lowest BCUT2D eigenvalue weighted by Crippen LogP contribution is -1.80. The molecule has 5 nitrogen and oxygen atoms in total. The fourth-order valence-electron chi connectivity index (χ4n) is 0.653. The Morgan fingerprint density at radius 1 is 1.58 bits per heavy atom. The van der Waals surface area contributed by atoms with Gasteiger partial charge in [0.25, 0.3) is 0 Å². The Bertz CT molecular complexity index is 281. The summed E-state index contributed by atoms with van der Waals surface area (Å²) in [4.78, 5) is 3.97. The number of thioether (sulfide) groups is 1. The highest BCUT2D eigenvalue weighted by Crippen LogP contribution is 2.18. The van der Waals surface area contributed by atoms with Crippen molar-refractivity contribution in [2.45, 2.75) is 10.9 Å². The Balaban J connectivity index is 1.91. The maximum atomic E-state index is 3.97. The third-order valence-corrected chi connectivity index (χ3v) is 2.90. The molecule has 0 aliphatic carbocycles. The second-order valence-electron chi connectivity index (χ2n) is 1.91. The maximum absolute atomic E-state index is 3.97. The van der Waals surface area contributed by atoms with Crippen molar-refractivity contribution >= 4 is 23.1 Å². The van der Waals surface area contributed by atoms with E-state index in [0.717, 1.165) is 15.9 Å². The molecular weight excluding hydrogens is 194 g/mol. The van der Waals surface area contributed by atoms with Crippen LogP contribution in [0.3, 0.4) is 0 Å². The quantitative estimate of drug-likeness (QED) is 0.745. The monoisotopic (exact) mass is 199 g/mol. The van der Waals surface area contributed by atoms with Crippen molar-refractivity contribution in [1.82, 2.24) is 25.4 Å². The maximum Gasteiger partial charge on any atom is 0.183 e. The van der Waals surface area contributed by atoms with Crippen molar-refractivity contribution in [2.24, 2.45) is 0 Å². The smallest absolute Gasteiger partial charge is 0.183 e. The van der Waals surface area contributed by atoms with E-state index in [4.69, 9.17) is 0 Å². The van der Waals surface area contributed by atoms with E-state index in [9.17, 15) is 0 Å². The number of hydrogen-bond acceptors (Lipinski definition) is 6. The van der Waals surface area contributed by atoms with Crippen LogP contribution in [0.1, 0.15) is 5.01 Å². The van der Waals surface area contributed by atoms with Gasteiger partial charge >= 0.3 is 0 Å². The highest BCUT2D eigenvalue weighted by molar-refractivity contribution is 7.98. The van der Waals surface area contributed by atoms with Crippen LogP contribution in [-0.4, -0.2) is 25.4 Å². The molecule has 0 radical (unpaired) electrons. The highest BCUT2D eigenvalue weighted by Gasteiger charge is 2.00. The van der Waals surface area contributed by atoms with Gasteiger partial charge in [0, 0.05) is 0 Å². The van der Waals surface area contributed by atoms with Crippen LogP contribution in [0.2, 0.25) is 0 Å². The standard InChI is InChI=1S/C5H5N5S2/c1(4-9-8-3-12-4)11-5-6-2-7-10-5/h2-3H,1H2,(H,6,7,10). The lowest BCUT2D eigenvalue weighted by atomic mass is 10.9. The Hall–Kier alpha value is -0.950. The van der Waals surface area contributed by atoms with Gasteiger partial charge in [0.15, 0.2) is 5.16 Å². The summed E-state index contributed by atoms with van der Waals surface area (Å²) in [6, 6.07) is 0. The number of nitrogens with zero attached hydrogens (tertiary/aromatic N) is 4. The summed E-state index contributed by atoms with van der Waals surface area (Å²) in [7, 11) is 0. The molecule has 2 aromatic heterocycles. The topological polar surface area (TPSA) is 67.3 Å². The molecule has 0 amide bonds. The van der Waals surface area contributed by atoms with Crippen molar-refractivity contribution in [3.63, 3.8) is 0 Å². The molecule has 0 saturated carbocycles. The van der Waals surface area contributed by atoms with Gasteiger partial charge in [-0.15, -0.1) is 21.5 Å². The molecule has 0 bridgehead atoms. The first kappa shape index (κ1) is 7.69. The third kappa shape index (κ3) is 1.80. The van der Waals surface area contributed by atoms with E-state index in [2.05, 4.69) is 25.4 Å². The van der Waals surface area contributed by atoms with Crippen LogP contribution < -0.4 is 0 Å². The van der Waals surface area contributed by atoms with E-state index >= 15 is 0 Å². The van der Waals surface area contributed by atoms with Crippen LogP contribution in [0.15, 0.2) is 17.0 Å². The van der Waals surface area contributed by atoms with Crippen molar-refractivity contribution in [2.75, 3.05) is 0 Å². The number of hydrogen-bond donors (Lipinski definition) is 1. The van der Waals surface area contributed by atoms with Gasteiger partial charge in [-0.2, -0.15) is 5.10 Å². The van der Waals surface area contributed by atoms with Gasteiger partial charge in [0.2, 0.25) is 0 Å². The molecule has 7 heteroatoms. The molecule has 2 rings (SSSR count). The van der Waals surface area contributed by atoms with Gasteiger partial charge in [-0.05, 0) is 0 Å². The molecule has 0 aromatic carbocycles.